The first-order chi connectivity index (χ1) is 7.08. The Morgan fingerprint density at radius 3 is 1.00 bits per heavy atom. The van der Waals surface area contributed by atoms with Crippen LogP contribution in [0.4, 0.5) is 0 Å². The first-order valence-electron chi connectivity index (χ1n) is 5.69. The Labute approximate surface area is 109 Å². The number of rotatable bonds is 3. The Morgan fingerprint density at radius 1 is 0.667 bits per heavy atom. The third-order valence-electron chi connectivity index (χ3n) is 3.29. The summed E-state index contributed by atoms with van der Waals surface area (Å²) in [6.07, 6.45) is 3.11. The molecule has 0 radical (unpaired) electrons. The second kappa shape index (κ2) is 5.55. The van der Waals surface area contributed by atoms with E-state index in [1.807, 2.05) is 0 Å². The molecule has 0 aromatic heterocycles. The summed E-state index contributed by atoms with van der Waals surface area (Å²) in [5.74, 6) is 1.03. The Kier molecular flexibility index (Phi) is 4.94. The van der Waals surface area contributed by atoms with E-state index in [2.05, 4.69) is 20.8 Å². The normalized spacial score (nSPS) is 32.2. The van der Waals surface area contributed by atoms with Crippen molar-refractivity contribution in [2.24, 2.45) is 17.8 Å². The molecule has 84 valence electrons. The van der Waals surface area contributed by atoms with Gasteiger partial charge < -0.3 is 0 Å². The van der Waals surface area contributed by atoms with Crippen molar-refractivity contribution in [3.05, 3.63) is 0 Å². The smallest absolute Gasteiger partial charge is 0.0227 e. The SMILES string of the molecule is CCC1C(=S)C(CC)C(=S)C(CC)C1=S. The predicted molar refractivity (Wildman–Crippen MR) is 79.1 cm³/mol. The van der Waals surface area contributed by atoms with Gasteiger partial charge in [0.05, 0.1) is 0 Å². The van der Waals surface area contributed by atoms with Gasteiger partial charge in [0.2, 0.25) is 0 Å². The molecule has 0 heterocycles. The highest BCUT2D eigenvalue weighted by Gasteiger charge is 2.38. The highest BCUT2D eigenvalue weighted by Crippen LogP contribution is 2.33. The van der Waals surface area contributed by atoms with E-state index in [9.17, 15) is 0 Å². The third-order valence-corrected chi connectivity index (χ3v) is 4.99. The van der Waals surface area contributed by atoms with Crippen LogP contribution >= 0.6 is 36.7 Å². The molecule has 0 saturated heterocycles. The lowest BCUT2D eigenvalue weighted by Crippen LogP contribution is -2.45. The van der Waals surface area contributed by atoms with Crippen molar-refractivity contribution in [2.75, 3.05) is 0 Å². The molecule has 1 saturated carbocycles. The molecular weight excluding hydrogens is 240 g/mol. The lowest BCUT2D eigenvalue weighted by atomic mass is 9.72. The van der Waals surface area contributed by atoms with Crippen LogP contribution in [-0.4, -0.2) is 14.6 Å². The molecule has 0 aliphatic heterocycles. The van der Waals surface area contributed by atoms with Crippen molar-refractivity contribution in [1.29, 1.82) is 0 Å². The van der Waals surface area contributed by atoms with Gasteiger partial charge in [-0.1, -0.05) is 57.4 Å². The van der Waals surface area contributed by atoms with Crippen molar-refractivity contribution in [1.82, 2.24) is 0 Å². The van der Waals surface area contributed by atoms with E-state index in [1.165, 1.54) is 0 Å². The average Bonchev–Trinajstić information content (AvgIpc) is 2.19. The molecule has 1 fully saturated rings. The molecule has 1 aliphatic rings. The van der Waals surface area contributed by atoms with Crippen LogP contribution in [0.3, 0.4) is 0 Å². The number of hydrogen-bond acceptors (Lipinski definition) is 3. The topological polar surface area (TPSA) is 0 Å². The van der Waals surface area contributed by atoms with Gasteiger partial charge in [0.25, 0.3) is 0 Å². The zero-order chi connectivity index (χ0) is 11.6. The first kappa shape index (κ1) is 13.3. The molecule has 1 aliphatic carbocycles. The minimum atomic E-state index is 0.344. The molecule has 0 aromatic carbocycles. The van der Waals surface area contributed by atoms with Crippen molar-refractivity contribution >= 4 is 51.2 Å². The van der Waals surface area contributed by atoms with Crippen LogP contribution < -0.4 is 0 Å². The molecule has 15 heavy (non-hydrogen) atoms. The summed E-state index contributed by atoms with van der Waals surface area (Å²) >= 11 is 16.6. The molecule has 3 heteroatoms. The van der Waals surface area contributed by atoms with Gasteiger partial charge in [0, 0.05) is 32.3 Å². The summed E-state index contributed by atoms with van der Waals surface area (Å²) in [4.78, 5) is 3.29. The van der Waals surface area contributed by atoms with E-state index in [0.29, 0.717) is 17.8 Å². The fourth-order valence-electron chi connectivity index (χ4n) is 2.36. The highest BCUT2D eigenvalue weighted by atomic mass is 32.1. The molecular formula is C12H18S3. The average molecular weight is 258 g/mol. The summed E-state index contributed by atoms with van der Waals surface area (Å²) in [7, 11) is 0. The molecule has 1 rings (SSSR count). The van der Waals surface area contributed by atoms with Crippen molar-refractivity contribution in [2.45, 2.75) is 40.0 Å². The molecule has 0 unspecified atom stereocenters. The maximum Gasteiger partial charge on any atom is 0.0227 e. The minimum Gasteiger partial charge on any atom is -0.0883 e. The predicted octanol–water partition coefficient (Wildman–Crippen LogP) is 4.19. The quantitative estimate of drug-likeness (QED) is 0.697. The third kappa shape index (κ3) is 2.34. The van der Waals surface area contributed by atoms with Gasteiger partial charge in [0.15, 0.2) is 0 Å². The van der Waals surface area contributed by atoms with E-state index >= 15 is 0 Å². The van der Waals surface area contributed by atoms with Gasteiger partial charge in [0.1, 0.15) is 0 Å². The van der Waals surface area contributed by atoms with Crippen molar-refractivity contribution in [3.8, 4) is 0 Å². The van der Waals surface area contributed by atoms with Crippen LogP contribution in [0.15, 0.2) is 0 Å². The lowest BCUT2D eigenvalue weighted by Gasteiger charge is -2.36. The Bertz CT molecular complexity index is 228. The zero-order valence-electron chi connectivity index (χ0n) is 9.58. The molecule has 0 atom stereocenters. The van der Waals surface area contributed by atoms with E-state index in [0.717, 1.165) is 33.9 Å². The zero-order valence-corrected chi connectivity index (χ0v) is 12.0. The van der Waals surface area contributed by atoms with Gasteiger partial charge in [-0.2, -0.15) is 0 Å². The second-order valence-electron chi connectivity index (χ2n) is 4.09. The van der Waals surface area contributed by atoms with Gasteiger partial charge >= 0.3 is 0 Å². The lowest BCUT2D eigenvalue weighted by molar-refractivity contribution is 0.695. The Morgan fingerprint density at radius 2 is 0.867 bits per heavy atom. The van der Waals surface area contributed by atoms with E-state index in [4.69, 9.17) is 36.7 Å². The Balaban J connectivity index is 3.03. The monoisotopic (exact) mass is 258 g/mol. The van der Waals surface area contributed by atoms with Gasteiger partial charge in [-0.15, -0.1) is 0 Å². The van der Waals surface area contributed by atoms with Crippen LogP contribution in [0.25, 0.3) is 0 Å². The van der Waals surface area contributed by atoms with Crippen LogP contribution in [0.1, 0.15) is 40.0 Å². The summed E-state index contributed by atoms with van der Waals surface area (Å²) in [6, 6.07) is 0. The molecule has 0 amide bonds. The summed E-state index contributed by atoms with van der Waals surface area (Å²) in [6.45, 7) is 6.49. The minimum absolute atomic E-state index is 0.344. The number of thiocarbonyl (C=S) groups is 3. The summed E-state index contributed by atoms with van der Waals surface area (Å²) < 4.78 is 0. The highest BCUT2D eigenvalue weighted by molar-refractivity contribution is 7.84. The van der Waals surface area contributed by atoms with E-state index < -0.39 is 0 Å². The molecule has 0 aromatic rings. The largest absolute Gasteiger partial charge is 0.0883 e. The van der Waals surface area contributed by atoms with Crippen LogP contribution in [0, 0.1) is 17.8 Å². The first-order valence-corrected chi connectivity index (χ1v) is 6.92. The van der Waals surface area contributed by atoms with Crippen LogP contribution in [-0.2, 0) is 0 Å². The van der Waals surface area contributed by atoms with Crippen LogP contribution in [0.2, 0.25) is 0 Å². The molecule has 0 nitrogen and oxygen atoms in total. The summed E-state index contributed by atoms with van der Waals surface area (Å²) in [5.41, 5.74) is 0. The number of hydrogen-bond donors (Lipinski definition) is 0. The Hall–Kier alpha value is 0.270. The van der Waals surface area contributed by atoms with Crippen LogP contribution in [0.5, 0.6) is 0 Å². The van der Waals surface area contributed by atoms with Gasteiger partial charge in [-0.05, 0) is 19.3 Å². The molecule has 0 N–H and O–H groups in total. The second-order valence-corrected chi connectivity index (χ2v) is 5.50. The standard InChI is InChI=1S/C12H18S3/c1-4-7-10(13)8(5-2)12(15)9(6-3)11(7)14/h7-9H,4-6H2,1-3H3. The fraction of sp³-hybridized carbons (Fsp3) is 0.750. The van der Waals surface area contributed by atoms with E-state index in [-0.39, 0.29) is 0 Å². The van der Waals surface area contributed by atoms with Gasteiger partial charge in [-0.3, -0.25) is 0 Å². The van der Waals surface area contributed by atoms with E-state index in [1.54, 1.807) is 0 Å². The van der Waals surface area contributed by atoms with Crippen molar-refractivity contribution in [3.63, 3.8) is 0 Å². The van der Waals surface area contributed by atoms with Crippen molar-refractivity contribution < 1.29 is 0 Å². The maximum absolute atomic E-state index is 5.53. The maximum atomic E-state index is 5.53. The molecule has 0 bridgehead atoms. The fourth-order valence-corrected chi connectivity index (χ4v) is 4.34. The molecule has 0 spiro atoms. The van der Waals surface area contributed by atoms with Gasteiger partial charge in [-0.25, -0.2) is 0 Å². The summed E-state index contributed by atoms with van der Waals surface area (Å²) in [5, 5.41) is 0.